The first-order valence-corrected chi connectivity index (χ1v) is 11.8. The number of carbonyl (C=O) groups excluding carboxylic acids is 1. The molecule has 7 nitrogen and oxygen atoms in total. The molecule has 0 bridgehead atoms. The van der Waals surface area contributed by atoms with Crippen LogP contribution in [-0.4, -0.2) is 63.7 Å². The van der Waals surface area contributed by atoms with Crippen molar-refractivity contribution in [2.24, 2.45) is 0 Å². The average Bonchev–Trinajstić information content (AvgIpc) is 2.76. The normalized spacial score (nSPS) is 26.7. The van der Waals surface area contributed by atoms with Crippen LogP contribution in [0.15, 0.2) is 24.3 Å². The van der Waals surface area contributed by atoms with E-state index in [1.807, 2.05) is 0 Å². The highest BCUT2D eigenvalue weighted by Gasteiger charge is 2.43. The highest BCUT2D eigenvalue weighted by atomic mass is 16.6. The number of hydrogen-bond acceptors (Lipinski definition) is 7. The number of hydrogen-bond donors (Lipinski definition) is 4. The first-order valence-electron chi connectivity index (χ1n) is 11.8. The number of rotatable bonds is 16. The third-order valence-electron chi connectivity index (χ3n) is 5.41. The van der Waals surface area contributed by atoms with Crippen LogP contribution in [0.5, 0.6) is 0 Å². The number of aliphatic hydroxyl groups excluding tert-OH is 4. The van der Waals surface area contributed by atoms with Gasteiger partial charge in [0.05, 0.1) is 0 Å². The molecular weight excluding hydrogens is 400 g/mol. The third kappa shape index (κ3) is 12.4. The fourth-order valence-electron chi connectivity index (χ4n) is 3.38. The van der Waals surface area contributed by atoms with Crippen molar-refractivity contribution in [3.63, 3.8) is 0 Å². The van der Waals surface area contributed by atoms with Crippen LogP contribution in [0.1, 0.15) is 84.0 Å². The van der Waals surface area contributed by atoms with Gasteiger partial charge in [-0.3, -0.25) is 4.79 Å². The minimum atomic E-state index is -1.62. The molecule has 1 saturated heterocycles. The van der Waals surface area contributed by atoms with E-state index in [4.69, 9.17) is 9.47 Å². The number of aliphatic hydroxyl groups is 4. The number of ether oxygens (including phenoxy) is 2. The van der Waals surface area contributed by atoms with Gasteiger partial charge in [0, 0.05) is 6.42 Å². The predicted octanol–water partition coefficient (Wildman–Crippen LogP) is 3.14. The van der Waals surface area contributed by atoms with Crippen LogP contribution >= 0.6 is 0 Å². The maximum absolute atomic E-state index is 11.8. The molecule has 0 spiro atoms. The summed E-state index contributed by atoms with van der Waals surface area (Å²) in [5.41, 5.74) is 0. The zero-order valence-corrected chi connectivity index (χ0v) is 18.9. The lowest BCUT2D eigenvalue weighted by molar-refractivity contribution is -0.287. The van der Waals surface area contributed by atoms with Gasteiger partial charge in [-0.05, 0) is 44.9 Å². The Hall–Kier alpha value is -1.25. The summed E-state index contributed by atoms with van der Waals surface area (Å²) in [7, 11) is 0. The SMILES string of the molecule is CCCCC/C=C\CC/C=C\CCCCCCC(=O)OCC1OC(O)[C@@H](O)C(O)C1O. The molecule has 4 unspecified atom stereocenters. The monoisotopic (exact) mass is 442 g/mol. The molecule has 1 heterocycles. The number of carbonyl (C=O) groups is 1. The van der Waals surface area contributed by atoms with Gasteiger partial charge in [-0.1, -0.05) is 56.9 Å². The summed E-state index contributed by atoms with van der Waals surface area (Å²) in [6.07, 6.45) is 14.2. The van der Waals surface area contributed by atoms with E-state index in [1.54, 1.807) is 0 Å². The Morgan fingerprint density at radius 3 is 2.00 bits per heavy atom. The van der Waals surface area contributed by atoms with E-state index in [0.717, 1.165) is 44.9 Å². The summed E-state index contributed by atoms with van der Waals surface area (Å²) < 4.78 is 10.0. The zero-order valence-electron chi connectivity index (χ0n) is 18.9. The number of esters is 1. The van der Waals surface area contributed by atoms with E-state index in [0.29, 0.717) is 0 Å². The van der Waals surface area contributed by atoms with Crippen molar-refractivity contribution in [3.05, 3.63) is 24.3 Å². The molecule has 180 valence electrons. The van der Waals surface area contributed by atoms with Crippen molar-refractivity contribution >= 4 is 5.97 Å². The van der Waals surface area contributed by atoms with Crippen LogP contribution in [0, 0.1) is 0 Å². The van der Waals surface area contributed by atoms with Crippen molar-refractivity contribution in [3.8, 4) is 0 Å². The number of allylic oxidation sites excluding steroid dienone is 4. The fraction of sp³-hybridized carbons (Fsp3) is 0.792. The summed E-state index contributed by atoms with van der Waals surface area (Å²) in [5, 5.41) is 38.3. The molecule has 1 rings (SSSR count). The molecular formula is C24H42O7. The van der Waals surface area contributed by atoms with E-state index in [9.17, 15) is 25.2 Å². The second-order valence-corrected chi connectivity index (χ2v) is 8.19. The molecule has 0 aromatic heterocycles. The van der Waals surface area contributed by atoms with E-state index in [2.05, 4.69) is 31.2 Å². The van der Waals surface area contributed by atoms with Gasteiger partial charge in [-0.2, -0.15) is 0 Å². The Morgan fingerprint density at radius 2 is 1.35 bits per heavy atom. The maximum atomic E-state index is 11.8. The molecule has 4 N–H and O–H groups in total. The van der Waals surface area contributed by atoms with E-state index in [1.165, 1.54) is 25.7 Å². The van der Waals surface area contributed by atoms with Gasteiger partial charge >= 0.3 is 5.97 Å². The molecule has 0 aromatic carbocycles. The molecule has 0 aromatic rings. The Labute approximate surface area is 186 Å². The molecule has 1 fully saturated rings. The highest BCUT2D eigenvalue weighted by molar-refractivity contribution is 5.69. The van der Waals surface area contributed by atoms with Crippen molar-refractivity contribution in [2.45, 2.75) is 115 Å². The molecule has 7 heteroatoms. The fourth-order valence-corrected chi connectivity index (χ4v) is 3.38. The maximum Gasteiger partial charge on any atom is 0.305 e. The molecule has 0 aliphatic carbocycles. The standard InChI is InChI=1S/C24H42O7/c1-2-3-4-5-6-7-8-9-10-11-12-13-14-15-16-17-20(25)30-18-19-21(26)22(27)23(28)24(29)31-19/h6-7,10-11,19,21-24,26-29H,2-5,8-9,12-18H2,1H3/b7-6-,11-10-/t19?,21?,22?,23-,24?/m0/s1. The van der Waals surface area contributed by atoms with Gasteiger partial charge in [-0.25, -0.2) is 0 Å². The molecule has 5 atom stereocenters. The largest absolute Gasteiger partial charge is 0.463 e. The molecule has 0 amide bonds. The predicted molar refractivity (Wildman–Crippen MR) is 119 cm³/mol. The summed E-state index contributed by atoms with van der Waals surface area (Å²) in [5.74, 6) is -0.409. The summed E-state index contributed by atoms with van der Waals surface area (Å²) in [4.78, 5) is 11.8. The quantitative estimate of drug-likeness (QED) is 0.165. The summed E-state index contributed by atoms with van der Waals surface area (Å²) in [6, 6.07) is 0. The van der Waals surface area contributed by atoms with Gasteiger partial charge in [0.2, 0.25) is 0 Å². The van der Waals surface area contributed by atoms with Crippen molar-refractivity contribution < 1.29 is 34.7 Å². The molecule has 0 radical (unpaired) electrons. The smallest absolute Gasteiger partial charge is 0.305 e. The van der Waals surface area contributed by atoms with Crippen LogP contribution in [0.2, 0.25) is 0 Å². The summed E-state index contributed by atoms with van der Waals surface area (Å²) in [6.45, 7) is 1.94. The van der Waals surface area contributed by atoms with Gasteiger partial charge < -0.3 is 29.9 Å². The highest BCUT2D eigenvalue weighted by Crippen LogP contribution is 2.20. The van der Waals surface area contributed by atoms with Crippen molar-refractivity contribution in [2.75, 3.05) is 6.61 Å². The first-order chi connectivity index (χ1) is 15.0. The van der Waals surface area contributed by atoms with E-state index < -0.39 is 36.7 Å². The van der Waals surface area contributed by atoms with Crippen molar-refractivity contribution in [1.29, 1.82) is 0 Å². The lowest BCUT2D eigenvalue weighted by atomic mass is 9.99. The lowest BCUT2D eigenvalue weighted by Gasteiger charge is -2.37. The first kappa shape index (κ1) is 27.8. The van der Waals surface area contributed by atoms with E-state index >= 15 is 0 Å². The van der Waals surface area contributed by atoms with Crippen LogP contribution in [0.4, 0.5) is 0 Å². The van der Waals surface area contributed by atoms with Crippen LogP contribution in [0.3, 0.4) is 0 Å². The zero-order chi connectivity index (χ0) is 22.9. The van der Waals surface area contributed by atoms with Crippen LogP contribution in [0.25, 0.3) is 0 Å². The van der Waals surface area contributed by atoms with Crippen molar-refractivity contribution in [1.82, 2.24) is 0 Å². The summed E-state index contributed by atoms with van der Waals surface area (Å²) >= 11 is 0. The van der Waals surface area contributed by atoms with Crippen LogP contribution < -0.4 is 0 Å². The molecule has 0 saturated carbocycles. The third-order valence-corrected chi connectivity index (χ3v) is 5.41. The Bertz CT molecular complexity index is 520. The Balaban J connectivity index is 1.97. The van der Waals surface area contributed by atoms with Gasteiger partial charge in [0.15, 0.2) is 6.29 Å². The van der Waals surface area contributed by atoms with E-state index in [-0.39, 0.29) is 13.0 Å². The Morgan fingerprint density at radius 1 is 0.774 bits per heavy atom. The van der Waals surface area contributed by atoms with Gasteiger partial charge in [0.25, 0.3) is 0 Å². The second-order valence-electron chi connectivity index (χ2n) is 8.19. The minimum Gasteiger partial charge on any atom is -0.463 e. The topological polar surface area (TPSA) is 116 Å². The number of unbranched alkanes of at least 4 members (excludes halogenated alkanes) is 8. The molecule has 1 aliphatic rings. The lowest BCUT2D eigenvalue weighted by Crippen LogP contribution is -2.58. The molecule has 1 aliphatic heterocycles. The minimum absolute atomic E-state index is 0.275. The average molecular weight is 443 g/mol. The Kier molecular flexibility index (Phi) is 15.5. The molecule has 31 heavy (non-hydrogen) atoms. The van der Waals surface area contributed by atoms with Gasteiger partial charge in [-0.15, -0.1) is 0 Å². The van der Waals surface area contributed by atoms with Crippen LogP contribution in [-0.2, 0) is 14.3 Å². The van der Waals surface area contributed by atoms with Gasteiger partial charge in [0.1, 0.15) is 31.0 Å². The second kappa shape index (κ2) is 17.3.